The van der Waals surface area contributed by atoms with Crippen LogP contribution in [0.25, 0.3) is 0 Å². The Morgan fingerprint density at radius 1 is 1.32 bits per heavy atom. The third-order valence-corrected chi connectivity index (χ3v) is 4.78. The number of aliphatic hydroxyl groups excluding tert-OH is 1. The Balaban J connectivity index is 1.69. The van der Waals surface area contributed by atoms with Gasteiger partial charge in [0.15, 0.2) is 0 Å². The fourth-order valence-electron chi connectivity index (χ4n) is 3.23. The van der Waals surface area contributed by atoms with Gasteiger partial charge < -0.3 is 15.3 Å². The minimum atomic E-state index is 0.00664. The molecular formula is C16H24N2O. The predicted molar refractivity (Wildman–Crippen MR) is 78.5 cm³/mol. The second kappa shape index (κ2) is 5.14. The van der Waals surface area contributed by atoms with Gasteiger partial charge in [0.25, 0.3) is 0 Å². The van der Waals surface area contributed by atoms with Crippen molar-refractivity contribution in [3.63, 3.8) is 0 Å². The first-order valence-electron chi connectivity index (χ1n) is 7.41. The van der Waals surface area contributed by atoms with E-state index in [1.54, 1.807) is 0 Å². The Morgan fingerprint density at radius 2 is 2.16 bits per heavy atom. The average Bonchev–Trinajstić information content (AvgIpc) is 2.38. The van der Waals surface area contributed by atoms with Crippen LogP contribution in [0.4, 0.5) is 5.69 Å². The maximum absolute atomic E-state index is 9.47. The van der Waals surface area contributed by atoms with Gasteiger partial charge in [-0.05, 0) is 49.3 Å². The lowest BCUT2D eigenvalue weighted by Crippen LogP contribution is -2.53. The van der Waals surface area contributed by atoms with E-state index in [-0.39, 0.29) is 12.1 Å². The van der Waals surface area contributed by atoms with Crippen LogP contribution >= 0.6 is 0 Å². The Bertz CT molecular complexity index is 449. The molecule has 0 bridgehead atoms. The smallest absolute Gasteiger partial charge is 0.0613 e. The summed E-state index contributed by atoms with van der Waals surface area (Å²) in [6.45, 7) is 2.30. The summed E-state index contributed by atoms with van der Waals surface area (Å²) in [4.78, 5) is 2.34. The van der Waals surface area contributed by atoms with Gasteiger partial charge in [-0.15, -0.1) is 0 Å². The summed E-state index contributed by atoms with van der Waals surface area (Å²) in [6, 6.07) is 6.80. The number of aliphatic hydroxyl groups is 1. The summed E-state index contributed by atoms with van der Waals surface area (Å²) < 4.78 is 0. The fraction of sp³-hybridized carbons (Fsp3) is 0.625. The van der Waals surface area contributed by atoms with Crippen LogP contribution in [-0.4, -0.2) is 30.8 Å². The van der Waals surface area contributed by atoms with Crippen LogP contribution in [0, 0.1) is 0 Å². The SMILES string of the molecule is CN1CCCc2cc(CNC3(CO)CCC3)ccc21. The van der Waals surface area contributed by atoms with Crippen LogP contribution in [0.1, 0.15) is 36.8 Å². The van der Waals surface area contributed by atoms with Gasteiger partial charge in [0.05, 0.1) is 6.61 Å². The molecule has 0 saturated heterocycles. The average molecular weight is 260 g/mol. The maximum Gasteiger partial charge on any atom is 0.0613 e. The monoisotopic (exact) mass is 260 g/mol. The maximum atomic E-state index is 9.47. The molecule has 1 saturated carbocycles. The van der Waals surface area contributed by atoms with Crippen molar-refractivity contribution in [1.82, 2.24) is 5.32 Å². The standard InChI is InChI=1S/C16H24N2O/c1-18-9-2-4-14-10-13(5-6-15(14)18)11-17-16(12-19)7-3-8-16/h5-6,10,17,19H,2-4,7-9,11-12H2,1H3. The molecule has 2 aliphatic rings. The van der Waals surface area contributed by atoms with E-state index in [1.807, 2.05) is 0 Å². The van der Waals surface area contributed by atoms with Gasteiger partial charge in [-0.25, -0.2) is 0 Å². The van der Waals surface area contributed by atoms with E-state index >= 15 is 0 Å². The second-order valence-corrected chi connectivity index (χ2v) is 6.13. The van der Waals surface area contributed by atoms with Crippen molar-refractivity contribution in [3.05, 3.63) is 29.3 Å². The lowest BCUT2D eigenvalue weighted by Gasteiger charge is -2.41. The Hall–Kier alpha value is -1.06. The topological polar surface area (TPSA) is 35.5 Å². The summed E-state index contributed by atoms with van der Waals surface area (Å²) in [5, 5.41) is 13.0. The molecule has 1 aromatic rings. The lowest BCUT2D eigenvalue weighted by atomic mass is 9.77. The molecule has 3 heteroatoms. The zero-order chi connectivity index (χ0) is 13.3. The van der Waals surface area contributed by atoms with Crippen molar-refractivity contribution in [2.45, 2.75) is 44.2 Å². The highest BCUT2D eigenvalue weighted by molar-refractivity contribution is 5.56. The molecule has 104 valence electrons. The van der Waals surface area contributed by atoms with Crippen molar-refractivity contribution in [2.75, 3.05) is 25.1 Å². The largest absolute Gasteiger partial charge is 0.394 e. The zero-order valence-electron chi connectivity index (χ0n) is 11.8. The molecule has 2 N–H and O–H groups in total. The van der Waals surface area contributed by atoms with E-state index in [4.69, 9.17) is 0 Å². The summed E-state index contributed by atoms with van der Waals surface area (Å²) in [6.07, 6.45) is 5.90. The van der Waals surface area contributed by atoms with Crippen molar-refractivity contribution >= 4 is 5.69 Å². The highest BCUT2D eigenvalue weighted by atomic mass is 16.3. The molecular weight excluding hydrogens is 236 g/mol. The number of hydrogen-bond acceptors (Lipinski definition) is 3. The van der Waals surface area contributed by atoms with Crippen molar-refractivity contribution in [3.8, 4) is 0 Å². The fourth-order valence-corrected chi connectivity index (χ4v) is 3.23. The number of nitrogens with one attached hydrogen (secondary N) is 1. The molecule has 0 aromatic heterocycles. The van der Waals surface area contributed by atoms with Crippen molar-refractivity contribution in [2.24, 2.45) is 0 Å². The highest BCUT2D eigenvalue weighted by Gasteiger charge is 2.35. The molecule has 1 aromatic carbocycles. The molecule has 0 atom stereocenters. The van der Waals surface area contributed by atoms with Gasteiger partial charge >= 0.3 is 0 Å². The summed E-state index contributed by atoms with van der Waals surface area (Å²) in [5.74, 6) is 0. The number of benzene rings is 1. The van der Waals surface area contributed by atoms with Crippen LogP contribution in [0.2, 0.25) is 0 Å². The first kappa shape index (κ1) is 12.9. The molecule has 0 spiro atoms. The third kappa shape index (κ3) is 2.49. The quantitative estimate of drug-likeness (QED) is 0.870. The number of fused-ring (bicyclic) bond motifs is 1. The summed E-state index contributed by atoms with van der Waals surface area (Å²) in [7, 11) is 2.17. The van der Waals surface area contributed by atoms with Gasteiger partial charge in [-0.3, -0.25) is 0 Å². The summed E-state index contributed by atoms with van der Waals surface area (Å²) in [5.41, 5.74) is 4.20. The number of anilines is 1. The molecule has 1 fully saturated rings. The normalized spacial score (nSPS) is 20.8. The van der Waals surface area contributed by atoms with E-state index in [2.05, 4.69) is 35.5 Å². The van der Waals surface area contributed by atoms with Crippen LogP contribution in [0.5, 0.6) is 0 Å². The van der Waals surface area contributed by atoms with Crippen LogP contribution in [0.3, 0.4) is 0 Å². The molecule has 1 heterocycles. The van der Waals surface area contributed by atoms with Crippen LogP contribution in [-0.2, 0) is 13.0 Å². The Labute approximate surface area is 115 Å². The molecule has 0 amide bonds. The molecule has 19 heavy (non-hydrogen) atoms. The molecule has 1 aliphatic carbocycles. The number of hydrogen-bond donors (Lipinski definition) is 2. The van der Waals surface area contributed by atoms with Crippen LogP contribution < -0.4 is 10.2 Å². The first-order chi connectivity index (χ1) is 9.22. The van der Waals surface area contributed by atoms with Crippen LogP contribution in [0.15, 0.2) is 18.2 Å². The van der Waals surface area contributed by atoms with E-state index in [1.165, 1.54) is 36.1 Å². The van der Waals surface area contributed by atoms with E-state index < -0.39 is 0 Å². The number of nitrogens with zero attached hydrogens (tertiary/aromatic N) is 1. The Kier molecular flexibility index (Phi) is 3.50. The first-order valence-corrected chi connectivity index (χ1v) is 7.41. The van der Waals surface area contributed by atoms with Gasteiger partial charge in [0, 0.05) is 31.4 Å². The molecule has 0 radical (unpaired) electrons. The lowest BCUT2D eigenvalue weighted by molar-refractivity contribution is 0.0872. The highest BCUT2D eigenvalue weighted by Crippen LogP contribution is 2.32. The minimum Gasteiger partial charge on any atom is -0.394 e. The third-order valence-electron chi connectivity index (χ3n) is 4.78. The second-order valence-electron chi connectivity index (χ2n) is 6.13. The van der Waals surface area contributed by atoms with E-state index in [0.717, 1.165) is 25.9 Å². The molecule has 1 aliphatic heterocycles. The van der Waals surface area contributed by atoms with Gasteiger partial charge in [0.1, 0.15) is 0 Å². The van der Waals surface area contributed by atoms with E-state index in [0.29, 0.717) is 0 Å². The molecule has 3 rings (SSSR count). The van der Waals surface area contributed by atoms with E-state index in [9.17, 15) is 5.11 Å². The summed E-state index contributed by atoms with van der Waals surface area (Å²) >= 11 is 0. The molecule has 3 nitrogen and oxygen atoms in total. The van der Waals surface area contributed by atoms with Crippen molar-refractivity contribution in [1.29, 1.82) is 0 Å². The zero-order valence-corrected chi connectivity index (χ0v) is 11.8. The number of rotatable bonds is 4. The van der Waals surface area contributed by atoms with Crippen molar-refractivity contribution < 1.29 is 5.11 Å². The van der Waals surface area contributed by atoms with Gasteiger partial charge in [-0.2, -0.15) is 0 Å². The Morgan fingerprint density at radius 3 is 2.84 bits per heavy atom. The minimum absolute atomic E-state index is 0.00664. The molecule has 0 unspecified atom stereocenters. The van der Waals surface area contributed by atoms with Gasteiger partial charge in [-0.1, -0.05) is 12.1 Å². The number of aryl methyl sites for hydroxylation is 1. The predicted octanol–water partition coefficient (Wildman–Crippen LogP) is 2.07. The van der Waals surface area contributed by atoms with Gasteiger partial charge in [0.2, 0.25) is 0 Å².